The van der Waals surface area contributed by atoms with E-state index in [2.05, 4.69) is 10.3 Å². The highest BCUT2D eigenvalue weighted by atomic mass is 16.2. The minimum absolute atomic E-state index is 0.00492. The zero-order valence-electron chi connectivity index (χ0n) is 10.7. The summed E-state index contributed by atoms with van der Waals surface area (Å²) in [6.45, 7) is -0.00492. The van der Waals surface area contributed by atoms with Gasteiger partial charge in [-0.3, -0.25) is 9.59 Å². The van der Waals surface area contributed by atoms with E-state index < -0.39 is 0 Å². The predicted molar refractivity (Wildman–Crippen MR) is 77.6 cm³/mol. The number of carbonyl (C=O) groups is 1. The number of amides is 1. The maximum Gasteiger partial charge on any atom is 0.250 e. The number of fused-ring (bicyclic) bond motifs is 1. The Kier molecular flexibility index (Phi) is 3.09. The van der Waals surface area contributed by atoms with Crippen molar-refractivity contribution in [1.29, 1.82) is 0 Å². The fraction of sp³-hybridized carbons (Fsp3) is 0.0667. The number of hydrogen-bond acceptors (Lipinski definition) is 2. The van der Waals surface area contributed by atoms with Crippen LogP contribution >= 0.6 is 0 Å². The smallest absolute Gasteiger partial charge is 0.250 e. The maximum absolute atomic E-state index is 11.9. The van der Waals surface area contributed by atoms with E-state index in [1.54, 1.807) is 18.3 Å². The average molecular weight is 267 g/mol. The monoisotopic (exact) mass is 267 g/mol. The Balaban J connectivity index is 1.76. The van der Waals surface area contributed by atoms with E-state index in [-0.39, 0.29) is 18.0 Å². The fourth-order valence-corrected chi connectivity index (χ4v) is 2.08. The molecule has 20 heavy (non-hydrogen) atoms. The highest BCUT2D eigenvalue weighted by molar-refractivity contribution is 5.93. The topological polar surface area (TPSA) is 66.9 Å². The zero-order chi connectivity index (χ0) is 13.9. The maximum atomic E-state index is 11.9. The molecule has 0 atom stereocenters. The van der Waals surface area contributed by atoms with Crippen LogP contribution in [-0.2, 0) is 11.3 Å². The first-order valence-electron chi connectivity index (χ1n) is 6.25. The summed E-state index contributed by atoms with van der Waals surface area (Å²) in [5.74, 6) is 0.380. The normalized spacial score (nSPS) is 10.6. The Morgan fingerprint density at radius 2 is 1.95 bits per heavy atom. The summed E-state index contributed by atoms with van der Waals surface area (Å²) in [6, 6.07) is 14.4. The molecule has 0 aliphatic carbocycles. The average Bonchev–Trinajstić information content (AvgIpc) is 2.83. The van der Waals surface area contributed by atoms with Crippen molar-refractivity contribution in [1.82, 2.24) is 9.55 Å². The van der Waals surface area contributed by atoms with Crippen molar-refractivity contribution in [2.75, 3.05) is 5.32 Å². The van der Waals surface area contributed by atoms with Crippen molar-refractivity contribution >= 4 is 22.6 Å². The first-order valence-corrected chi connectivity index (χ1v) is 6.25. The van der Waals surface area contributed by atoms with E-state index in [9.17, 15) is 9.59 Å². The molecule has 0 aliphatic rings. The molecule has 0 aliphatic heterocycles. The van der Waals surface area contributed by atoms with Crippen LogP contribution in [0.1, 0.15) is 0 Å². The lowest BCUT2D eigenvalue weighted by molar-refractivity contribution is -0.116. The second kappa shape index (κ2) is 5.05. The molecule has 2 aromatic heterocycles. The molecule has 1 aromatic carbocycles. The van der Waals surface area contributed by atoms with Crippen LogP contribution < -0.4 is 10.9 Å². The quantitative estimate of drug-likeness (QED) is 0.762. The molecule has 3 aromatic rings. The predicted octanol–water partition coefficient (Wildman–Crippen LogP) is 1.97. The number of H-pyrrole nitrogens is 1. The van der Waals surface area contributed by atoms with Gasteiger partial charge < -0.3 is 14.9 Å². The van der Waals surface area contributed by atoms with Gasteiger partial charge in [-0.15, -0.1) is 0 Å². The third-order valence-corrected chi connectivity index (χ3v) is 3.02. The van der Waals surface area contributed by atoms with Crippen molar-refractivity contribution in [2.24, 2.45) is 0 Å². The Morgan fingerprint density at radius 3 is 2.75 bits per heavy atom. The molecule has 0 fully saturated rings. The van der Waals surface area contributed by atoms with Crippen molar-refractivity contribution < 1.29 is 4.79 Å². The van der Waals surface area contributed by atoms with Gasteiger partial charge in [0.25, 0.3) is 5.56 Å². The van der Waals surface area contributed by atoms with Crippen LogP contribution in [0, 0.1) is 0 Å². The van der Waals surface area contributed by atoms with Crippen LogP contribution in [0.2, 0.25) is 0 Å². The van der Waals surface area contributed by atoms with Crippen molar-refractivity contribution in [3.8, 4) is 0 Å². The molecule has 100 valence electrons. The molecular formula is C15H13N3O2. The van der Waals surface area contributed by atoms with Crippen LogP contribution in [-0.4, -0.2) is 15.5 Å². The summed E-state index contributed by atoms with van der Waals surface area (Å²) in [7, 11) is 0. The van der Waals surface area contributed by atoms with Gasteiger partial charge in [0.2, 0.25) is 5.91 Å². The molecule has 3 rings (SSSR count). The summed E-state index contributed by atoms with van der Waals surface area (Å²) in [6.07, 6.45) is 1.59. The van der Waals surface area contributed by atoms with Crippen LogP contribution in [0.5, 0.6) is 0 Å². The number of aromatic nitrogens is 2. The number of anilines is 1. The van der Waals surface area contributed by atoms with Gasteiger partial charge in [-0.1, -0.05) is 24.3 Å². The number of para-hydroxylation sites is 1. The Hall–Kier alpha value is -2.82. The lowest BCUT2D eigenvalue weighted by Gasteiger charge is -2.05. The molecule has 0 saturated carbocycles. The molecule has 5 heteroatoms. The van der Waals surface area contributed by atoms with Gasteiger partial charge in [-0.05, 0) is 18.2 Å². The van der Waals surface area contributed by atoms with Gasteiger partial charge in [0.1, 0.15) is 12.4 Å². The number of nitrogens with zero attached hydrogens (tertiary/aromatic N) is 1. The molecule has 2 heterocycles. The summed E-state index contributed by atoms with van der Waals surface area (Å²) < 4.78 is 1.36. The van der Waals surface area contributed by atoms with E-state index in [4.69, 9.17) is 0 Å². The highest BCUT2D eigenvalue weighted by Crippen LogP contribution is 2.17. The lowest BCUT2D eigenvalue weighted by atomic mass is 10.2. The van der Waals surface area contributed by atoms with E-state index in [1.807, 2.05) is 30.3 Å². The molecule has 0 unspecified atom stereocenters. The van der Waals surface area contributed by atoms with Gasteiger partial charge in [0.15, 0.2) is 0 Å². The molecule has 0 bridgehead atoms. The number of hydrogen-bond donors (Lipinski definition) is 2. The number of rotatable bonds is 3. The Morgan fingerprint density at radius 1 is 1.15 bits per heavy atom. The third kappa shape index (κ3) is 2.47. The van der Waals surface area contributed by atoms with Crippen LogP contribution in [0.15, 0.2) is 59.5 Å². The van der Waals surface area contributed by atoms with Crippen LogP contribution in [0.25, 0.3) is 10.9 Å². The standard InChI is InChI=1S/C15H13N3O2/c19-14(10-18-8-4-3-7-15(18)20)17-13-9-11-5-1-2-6-12(11)16-13/h1-9,16H,10H2,(H,17,19). The second-order valence-electron chi connectivity index (χ2n) is 4.49. The number of pyridine rings is 1. The summed E-state index contributed by atoms with van der Waals surface area (Å²) in [4.78, 5) is 26.6. The molecule has 0 saturated heterocycles. The summed E-state index contributed by atoms with van der Waals surface area (Å²) in [5, 5.41) is 3.78. The summed E-state index contributed by atoms with van der Waals surface area (Å²) >= 11 is 0. The minimum Gasteiger partial charge on any atom is -0.341 e. The third-order valence-electron chi connectivity index (χ3n) is 3.02. The number of benzene rings is 1. The zero-order valence-corrected chi connectivity index (χ0v) is 10.7. The molecule has 2 N–H and O–H groups in total. The van der Waals surface area contributed by atoms with E-state index >= 15 is 0 Å². The first kappa shape index (κ1) is 12.2. The molecule has 0 radical (unpaired) electrons. The van der Waals surface area contributed by atoms with Gasteiger partial charge in [-0.2, -0.15) is 0 Å². The SMILES string of the molecule is O=C(Cn1ccccc1=O)Nc1cc2ccccc2[nH]1. The highest BCUT2D eigenvalue weighted by Gasteiger charge is 2.06. The number of nitrogens with one attached hydrogen (secondary N) is 2. The van der Waals surface area contributed by atoms with E-state index in [0.29, 0.717) is 5.82 Å². The summed E-state index contributed by atoms with van der Waals surface area (Å²) in [5.41, 5.74) is 0.763. The Labute approximate surface area is 114 Å². The van der Waals surface area contributed by atoms with Crippen LogP contribution in [0.3, 0.4) is 0 Å². The fourth-order valence-electron chi connectivity index (χ4n) is 2.08. The van der Waals surface area contributed by atoms with Crippen molar-refractivity contribution in [2.45, 2.75) is 6.54 Å². The van der Waals surface area contributed by atoms with E-state index in [1.165, 1.54) is 10.6 Å². The van der Waals surface area contributed by atoms with Crippen LogP contribution in [0.4, 0.5) is 5.82 Å². The van der Waals surface area contributed by atoms with Gasteiger partial charge >= 0.3 is 0 Å². The molecule has 5 nitrogen and oxygen atoms in total. The van der Waals surface area contributed by atoms with Crippen molar-refractivity contribution in [3.05, 3.63) is 65.1 Å². The molecule has 0 spiro atoms. The van der Waals surface area contributed by atoms with Crippen molar-refractivity contribution in [3.63, 3.8) is 0 Å². The van der Waals surface area contributed by atoms with Gasteiger partial charge in [0.05, 0.1) is 0 Å². The Bertz CT molecular complexity index is 784. The first-order chi connectivity index (χ1) is 9.72. The minimum atomic E-state index is -0.246. The molecule has 1 amide bonds. The lowest BCUT2D eigenvalue weighted by Crippen LogP contribution is -2.26. The largest absolute Gasteiger partial charge is 0.341 e. The van der Waals surface area contributed by atoms with Gasteiger partial charge in [-0.25, -0.2) is 0 Å². The number of carbonyl (C=O) groups excluding carboxylic acids is 1. The number of aromatic amines is 1. The molecular weight excluding hydrogens is 254 g/mol. The van der Waals surface area contributed by atoms with Gasteiger partial charge in [0, 0.05) is 23.2 Å². The van der Waals surface area contributed by atoms with E-state index in [0.717, 1.165) is 10.9 Å². The second-order valence-corrected chi connectivity index (χ2v) is 4.49.